The third-order valence-corrected chi connectivity index (χ3v) is 7.75. The van der Waals surface area contributed by atoms with Gasteiger partial charge in [-0.3, -0.25) is 4.79 Å². The van der Waals surface area contributed by atoms with Crippen LogP contribution < -0.4 is 15.4 Å². The van der Waals surface area contributed by atoms with Crippen molar-refractivity contribution in [1.82, 2.24) is 19.3 Å². The Bertz CT molecular complexity index is 1380. The first kappa shape index (κ1) is 24.9. The average Bonchev–Trinajstić information content (AvgIpc) is 3.52. The summed E-state index contributed by atoms with van der Waals surface area (Å²) in [6.45, 7) is 2.86. The Morgan fingerprint density at radius 2 is 1.97 bits per heavy atom. The van der Waals surface area contributed by atoms with E-state index in [4.69, 9.17) is 11.6 Å². The van der Waals surface area contributed by atoms with Gasteiger partial charge in [-0.05, 0) is 49.2 Å². The molecule has 0 saturated heterocycles. The van der Waals surface area contributed by atoms with E-state index in [1.165, 1.54) is 29.7 Å². The lowest BCUT2D eigenvalue weighted by atomic mass is 10.2. The Labute approximate surface area is 212 Å². The van der Waals surface area contributed by atoms with Gasteiger partial charge in [0, 0.05) is 31.2 Å². The van der Waals surface area contributed by atoms with Crippen LogP contribution in [0.1, 0.15) is 21.7 Å². The highest BCUT2D eigenvalue weighted by molar-refractivity contribution is 7.89. The number of hydrogen-bond acceptors (Lipinski definition) is 7. The predicted octanol–water partition coefficient (Wildman–Crippen LogP) is 4.67. The molecule has 182 valence electrons. The number of nitrogens with one attached hydrogen (secondary N) is 3. The Kier molecular flexibility index (Phi) is 7.81. The van der Waals surface area contributed by atoms with Crippen molar-refractivity contribution in [3.8, 4) is 0 Å². The molecule has 2 aromatic heterocycles. The van der Waals surface area contributed by atoms with E-state index in [2.05, 4.69) is 25.3 Å². The molecule has 12 heteroatoms. The van der Waals surface area contributed by atoms with Gasteiger partial charge >= 0.3 is 0 Å². The van der Waals surface area contributed by atoms with E-state index < -0.39 is 10.0 Å². The molecule has 0 saturated carbocycles. The quantitative estimate of drug-likeness (QED) is 0.256. The number of carbonyl (C=O) groups excluding carboxylic acids is 1. The fourth-order valence-corrected chi connectivity index (χ4v) is 5.29. The first-order chi connectivity index (χ1) is 16.8. The van der Waals surface area contributed by atoms with Crippen LogP contribution in [0.2, 0.25) is 5.02 Å². The van der Waals surface area contributed by atoms with Gasteiger partial charge in [0.05, 0.1) is 28.1 Å². The molecule has 0 aliphatic rings. The second-order valence-electron chi connectivity index (χ2n) is 7.62. The standard InChI is InChI=1S/C23H23ClN6O3S2/c1-16-4-2-5-19(24)21(16)29-22(31)20-14-26-23(34-20)28-17-6-8-18(9-7-17)35(32,33)27-10-3-12-30-13-11-25-15-30/h2,4-9,11,13-15,27H,3,10,12H2,1H3,(H,26,28)(H,29,31). The summed E-state index contributed by atoms with van der Waals surface area (Å²) < 4.78 is 29.5. The molecule has 4 aromatic rings. The Morgan fingerprint density at radius 3 is 2.69 bits per heavy atom. The fourth-order valence-electron chi connectivity index (χ4n) is 3.21. The maximum Gasteiger partial charge on any atom is 0.267 e. The highest BCUT2D eigenvalue weighted by Gasteiger charge is 2.15. The van der Waals surface area contributed by atoms with Gasteiger partial charge in [-0.2, -0.15) is 0 Å². The van der Waals surface area contributed by atoms with Crippen LogP contribution in [0.5, 0.6) is 0 Å². The molecule has 0 aliphatic carbocycles. The molecule has 0 fully saturated rings. The second kappa shape index (κ2) is 11.0. The molecule has 0 aliphatic heterocycles. The normalized spacial score (nSPS) is 11.4. The van der Waals surface area contributed by atoms with Crippen molar-refractivity contribution in [1.29, 1.82) is 0 Å². The van der Waals surface area contributed by atoms with Crippen molar-refractivity contribution >= 4 is 55.4 Å². The largest absolute Gasteiger partial charge is 0.337 e. The maximum absolute atomic E-state index is 12.6. The molecular formula is C23H23ClN6O3S2. The Morgan fingerprint density at radius 1 is 1.17 bits per heavy atom. The Hall–Kier alpha value is -3.25. The van der Waals surface area contributed by atoms with Gasteiger partial charge in [-0.15, -0.1) is 0 Å². The number of sulfonamides is 1. The minimum absolute atomic E-state index is 0.167. The van der Waals surface area contributed by atoms with E-state index in [1.54, 1.807) is 30.7 Å². The van der Waals surface area contributed by atoms with E-state index in [9.17, 15) is 13.2 Å². The minimum atomic E-state index is -3.61. The number of aryl methyl sites for hydroxylation is 2. The number of thiazole rings is 1. The number of aromatic nitrogens is 3. The van der Waals surface area contributed by atoms with Gasteiger partial charge in [-0.25, -0.2) is 23.1 Å². The number of amides is 1. The Balaban J connectivity index is 1.32. The molecule has 4 rings (SSSR count). The molecule has 1 amide bonds. The van der Waals surface area contributed by atoms with Gasteiger partial charge in [0.2, 0.25) is 10.0 Å². The molecule has 35 heavy (non-hydrogen) atoms. The van der Waals surface area contributed by atoms with Crippen molar-refractivity contribution in [2.45, 2.75) is 24.8 Å². The third-order valence-electron chi connectivity index (χ3n) is 5.05. The summed E-state index contributed by atoms with van der Waals surface area (Å²) in [5, 5.41) is 6.87. The van der Waals surface area contributed by atoms with E-state index >= 15 is 0 Å². The summed E-state index contributed by atoms with van der Waals surface area (Å²) in [5.41, 5.74) is 2.07. The third kappa shape index (κ3) is 6.45. The van der Waals surface area contributed by atoms with E-state index in [0.29, 0.717) is 45.9 Å². The number of hydrogen-bond donors (Lipinski definition) is 3. The minimum Gasteiger partial charge on any atom is -0.337 e. The van der Waals surface area contributed by atoms with Crippen LogP contribution in [0.25, 0.3) is 0 Å². The number of carbonyl (C=O) groups is 1. The van der Waals surface area contributed by atoms with E-state index in [-0.39, 0.29) is 10.8 Å². The molecule has 0 unspecified atom stereocenters. The molecule has 2 aromatic carbocycles. The van der Waals surface area contributed by atoms with Crippen LogP contribution in [-0.2, 0) is 16.6 Å². The van der Waals surface area contributed by atoms with Gasteiger partial charge < -0.3 is 15.2 Å². The first-order valence-corrected chi connectivity index (χ1v) is 13.3. The van der Waals surface area contributed by atoms with Crippen molar-refractivity contribution < 1.29 is 13.2 Å². The zero-order valence-electron chi connectivity index (χ0n) is 18.7. The average molecular weight is 531 g/mol. The summed E-state index contributed by atoms with van der Waals surface area (Å²) in [6.07, 6.45) is 7.32. The van der Waals surface area contributed by atoms with Crippen molar-refractivity contribution in [3.63, 3.8) is 0 Å². The van der Waals surface area contributed by atoms with Crippen LogP contribution in [0, 0.1) is 6.92 Å². The number of anilines is 3. The number of halogens is 1. The number of benzene rings is 2. The van der Waals surface area contributed by atoms with Crippen LogP contribution in [0.4, 0.5) is 16.5 Å². The van der Waals surface area contributed by atoms with Crippen LogP contribution in [0.3, 0.4) is 0 Å². The zero-order chi connectivity index (χ0) is 24.8. The van der Waals surface area contributed by atoms with Gasteiger partial charge in [-0.1, -0.05) is 35.1 Å². The topological polar surface area (TPSA) is 118 Å². The molecule has 3 N–H and O–H groups in total. The molecule has 0 radical (unpaired) electrons. The van der Waals surface area contributed by atoms with Crippen molar-refractivity contribution in [2.75, 3.05) is 17.2 Å². The smallest absolute Gasteiger partial charge is 0.267 e. The first-order valence-electron chi connectivity index (χ1n) is 10.7. The van der Waals surface area contributed by atoms with E-state index in [1.807, 2.05) is 29.8 Å². The number of imidazole rings is 1. The number of nitrogens with zero attached hydrogens (tertiary/aromatic N) is 3. The summed E-state index contributed by atoms with van der Waals surface area (Å²) >= 11 is 7.36. The number of rotatable bonds is 10. The monoisotopic (exact) mass is 530 g/mol. The SMILES string of the molecule is Cc1cccc(Cl)c1NC(=O)c1cnc(Nc2ccc(S(=O)(=O)NCCCn3ccnc3)cc2)s1. The summed E-state index contributed by atoms with van der Waals surface area (Å²) in [7, 11) is -3.61. The highest BCUT2D eigenvalue weighted by atomic mass is 35.5. The van der Waals surface area contributed by atoms with Gasteiger partial charge in [0.25, 0.3) is 5.91 Å². The zero-order valence-corrected chi connectivity index (χ0v) is 21.1. The number of para-hydroxylation sites is 1. The fraction of sp³-hybridized carbons (Fsp3) is 0.174. The molecule has 0 bridgehead atoms. The molecule has 9 nitrogen and oxygen atoms in total. The van der Waals surface area contributed by atoms with Crippen molar-refractivity contribution in [3.05, 3.63) is 82.8 Å². The molecule has 2 heterocycles. The molecule has 0 spiro atoms. The molecular weight excluding hydrogens is 508 g/mol. The highest BCUT2D eigenvalue weighted by Crippen LogP contribution is 2.28. The van der Waals surface area contributed by atoms with Crippen molar-refractivity contribution in [2.24, 2.45) is 0 Å². The summed E-state index contributed by atoms with van der Waals surface area (Å²) in [6, 6.07) is 11.7. The maximum atomic E-state index is 12.6. The lowest BCUT2D eigenvalue weighted by molar-refractivity contribution is 0.103. The van der Waals surface area contributed by atoms with Crippen LogP contribution in [-0.4, -0.2) is 35.4 Å². The summed E-state index contributed by atoms with van der Waals surface area (Å²) in [5.74, 6) is -0.313. The van der Waals surface area contributed by atoms with Gasteiger partial charge in [0.15, 0.2) is 5.13 Å². The summed E-state index contributed by atoms with van der Waals surface area (Å²) in [4.78, 5) is 21.4. The lowest BCUT2D eigenvalue weighted by Crippen LogP contribution is -2.25. The lowest BCUT2D eigenvalue weighted by Gasteiger charge is -2.09. The predicted molar refractivity (Wildman–Crippen MR) is 138 cm³/mol. The van der Waals surface area contributed by atoms with E-state index in [0.717, 1.165) is 5.56 Å². The molecule has 0 atom stereocenters. The van der Waals surface area contributed by atoms with Crippen LogP contribution >= 0.6 is 22.9 Å². The second-order valence-corrected chi connectivity index (χ2v) is 10.8. The van der Waals surface area contributed by atoms with Crippen LogP contribution in [0.15, 0.2) is 72.3 Å². The van der Waals surface area contributed by atoms with Gasteiger partial charge in [0.1, 0.15) is 4.88 Å².